The van der Waals surface area contributed by atoms with Gasteiger partial charge in [0.1, 0.15) is 17.6 Å². The molecule has 106 valence electrons. The zero-order valence-electron chi connectivity index (χ0n) is 12.1. The zero-order chi connectivity index (χ0) is 14.5. The number of benzene rings is 1. The van der Waals surface area contributed by atoms with Crippen molar-refractivity contribution in [2.45, 2.75) is 39.8 Å². The Morgan fingerprint density at radius 3 is 3.05 bits per heavy atom. The number of carbonyl (C=O) groups is 1. The molecular formula is C16H19NO3. The molecule has 1 aliphatic heterocycles. The molecule has 0 spiro atoms. The normalized spacial score (nSPS) is 15.7. The number of nitrogens with one attached hydrogen (secondary N) is 1. The van der Waals surface area contributed by atoms with E-state index in [2.05, 4.69) is 17.2 Å². The number of hydrogen-bond acceptors (Lipinski definition) is 3. The van der Waals surface area contributed by atoms with Gasteiger partial charge in [-0.3, -0.25) is 4.79 Å². The van der Waals surface area contributed by atoms with Gasteiger partial charge in [-0.25, -0.2) is 0 Å². The minimum absolute atomic E-state index is 0.190. The minimum atomic E-state index is -0.287. The van der Waals surface area contributed by atoms with E-state index in [1.807, 2.05) is 26.0 Å². The second kappa shape index (κ2) is 6.33. The lowest BCUT2D eigenvalue weighted by Crippen LogP contribution is -2.21. The number of hydrogen-bond donors (Lipinski definition) is 1. The highest BCUT2D eigenvalue weighted by Crippen LogP contribution is 2.35. The van der Waals surface area contributed by atoms with Crippen LogP contribution in [0.3, 0.4) is 0 Å². The van der Waals surface area contributed by atoms with Crippen LogP contribution in [0.5, 0.6) is 11.5 Å². The summed E-state index contributed by atoms with van der Waals surface area (Å²) in [6.45, 7) is 6.59. The van der Waals surface area contributed by atoms with Crippen molar-refractivity contribution < 1.29 is 14.3 Å². The molecule has 0 bridgehead atoms. The molecule has 0 saturated carbocycles. The highest BCUT2D eigenvalue weighted by molar-refractivity contribution is 5.93. The summed E-state index contributed by atoms with van der Waals surface area (Å²) in [5, 5.41) is 2.75. The second-order valence-electron chi connectivity index (χ2n) is 4.69. The van der Waals surface area contributed by atoms with E-state index in [1.54, 1.807) is 6.92 Å². The van der Waals surface area contributed by atoms with Crippen molar-refractivity contribution >= 4 is 5.91 Å². The highest BCUT2D eigenvalue weighted by Gasteiger charge is 2.21. The Kier molecular flexibility index (Phi) is 4.52. The molecule has 0 aromatic heterocycles. The Morgan fingerprint density at radius 1 is 1.55 bits per heavy atom. The van der Waals surface area contributed by atoms with Crippen LogP contribution in [0.2, 0.25) is 0 Å². The quantitative estimate of drug-likeness (QED) is 0.854. The average molecular weight is 273 g/mol. The van der Waals surface area contributed by atoms with Gasteiger partial charge in [0.05, 0.1) is 6.61 Å². The van der Waals surface area contributed by atoms with Gasteiger partial charge in [-0.05, 0) is 38.8 Å². The second-order valence-corrected chi connectivity index (χ2v) is 4.69. The predicted octanol–water partition coefficient (Wildman–Crippen LogP) is 2.05. The van der Waals surface area contributed by atoms with E-state index < -0.39 is 0 Å². The van der Waals surface area contributed by atoms with Gasteiger partial charge in [0.2, 0.25) is 0 Å². The van der Waals surface area contributed by atoms with E-state index in [0.29, 0.717) is 13.2 Å². The Bertz CT molecular complexity index is 569. The van der Waals surface area contributed by atoms with Crippen LogP contribution < -0.4 is 14.8 Å². The van der Waals surface area contributed by atoms with Gasteiger partial charge in [0.25, 0.3) is 5.91 Å². The summed E-state index contributed by atoms with van der Waals surface area (Å²) >= 11 is 0. The lowest BCUT2D eigenvalue weighted by Gasteiger charge is -2.12. The fourth-order valence-corrected chi connectivity index (χ4v) is 2.24. The van der Waals surface area contributed by atoms with Gasteiger partial charge in [0.15, 0.2) is 0 Å². The third-order valence-electron chi connectivity index (χ3n) is 3.06. The maximum absolute atomic E-state index is 11.4. The molecule has 1 aliphatic rings. The summed E-state index contributed by atoms with van der Waals surface area (Å²) in [7, 11) is 0. The van der Waals surface area contributed by atoms with E-state index in [0.717, 1.165) is 29.0 Å². The van der Waals surface area contributed by atoms with Crippen molar-refractivity contribution in [2.24, 2.45) is 0 Å². The van der Waals surface area contributed by atoms with Gasteiger partial charge in [-0.1, -0.05) is 5.92 Å². The SMILES string of the molecule is CC#CC(=O)NCc1cc2c(cc1OCC)CC(C)O2. The molecule has 1 aromatic carbocycles. The van der Waals surface area contributed by atoms with Crippen molar-refractivity contribution in [3.05, 3.63) is 23.3 Å². The fourth-order valence-electron chi connectivity index (χ4n) is 2.24. The summed E-state index contributed by atoms with van der Waals surface area (Å²) in [5.74, 6) is 6.42. The number of amides is 1. The van der Waals surface area contributed by atoms with E-state index >= 15 is 0 Å². The maximum atomic E-state index is 11.4. The monoisotopic (exact) mass is 273 g/mol. The van der Waals surface area contributed by atoms with Crippen LogP contribution >= 0.6 is 0 Å². The van der Waals surface area contributed by atoms with Crippen LogP contribution in [-0.2, 0) is 17.8 Å². The van der Waals surface area contributed by atoms with Crippen molar-refractivity contribution in [1.29, 1.82) is 0 Å². The third-order valence-corrected chi connectivity index (χ3v) is 3.06. The summed E-state index contributed by atoms with van der Waals surface area (Å²) in [6, 6.07) is 3.96. The van der Waals surface area contributed by atoms with Gasteiger partial charge < -0.3 is 14.8 Å². The van der Waals surface area contributed by atoms with Crippen LogP contribution in [-0.4, -0.2) is 18.6 Å². The molecule has 0 radical (unpaired) electrons. The number of fused-ring (bicyclic) bond motifs is 1. The summed E-state index contributed by atoms with van der Waals surface area (Å²) in [5.41, 5.74) is 2.07. The standard InChI is InChI=1S/C16H19NO3/c1-4-6-16(18)17-10-13-9-15-12(7-11(3)20-15)8-14(13)19-5-2/h8-9,11H,5,7,10H2,1-3H3,(H,17,18). The van der Waals surface area contributed by atoms with Crippen LogP contribution in [0.4, 0.5) is 0 Å². The molecule has 2 rings (SSSR count). The van der Waals surface area contributed by atoms with Gasteiger partial charge in [-0.15, -0.1) is 0 Å². The molecule has 0 saturated heterocycles. The molecule has 0 aliphatic carbocycles. The molecule has 20 heavy (non-hydrogen) atoms. The van der Waals surface area contributed by atoms with Crippen molar-refractivity contribution in [3.8, 4) is 23.3 Å². The zero-order valence-corrected chi connectivity index (χ0v) is 12.1. The molecule has 1 heterocycles. The van der Waals surface area contributed by atoms with Crippen LogP contribution in [0.25, 0.3) is 0 Å². The summed E-state index contributed by atoms with van der Waals surface area (Å²) < 4.78 is 11.4. The minimum Gasteiger partial charge on any atom is -0.494 e. The first-order valence-electron chi connectivity index (χ1n) is 6.79. The maximum Gasteiger partial charge on any atom is 0.296 e. The number of ether oxygens (including phenoxy) is 2. The number of carbonyl (C=O) groups excluding carboxylic acids is 1. The Balaban J connectivity index is 2.19. The van der Waals surface area contributed by atoms with Crippen molar-refractivity contribution in [3.63, 3.8) is 0 Å². The van der Waals surface area contributed by atoms with E-state index in [4.69, 9.17) is 9.47 Å². The molecule has 4 nitrogen and oxygen atoms in total. The van der Waals surface area contributed by atoms with E-state index in [-0.39, 0.29) is 12.0 Å². The first-order valence-corrected chi connectivity index (χ1v) is 6.79. The lowest BCUT2D eigenvalue weighted by molar-refractivity contribution is -0.115. The smallest absolute Gasteiger partial charge is 0.296 e. The van der Waals surface area contributed by atoms with Crippen LogP contribution in [0.15, 0.2) is 12.1 Å². The average Bonchev–Trinajstić information content (AvgIpc) is 2.76. The summed E-state index contributed by atoms with van der Waals surface area (Å²) in [6.07, 6.45) is 1.08. The largest absolute Gasteiger partial charge is 0.494 e. The van der Waals surface area contributed by atoms with Gasteiger partial charge in [0, 0.05) is 24.1 Å². The van der Waals surface area contributed by atoms with Gasteiger partial charge >= 0.3 is 0 Å². The Labute approximate surface area is 119 Å². The predicted molar refractivity (Wildman–Crippen MR) is 76.7 cm³/mol. The molecule has 1 unspecified atom stereocenters. The lowest BCUT2D eigenvalue weighted by atomic mass is 10.1. The Hall–Kier alpha value is -2.15. The summed E-state index contributed by atoms with van der Waals surface area (Å²) in [4.78, 5) is 11.4. The fraction of sp³-hybridized carbons (Fsp3) is 0.438. The molecule has 1 amide bonds. The molecule has 1 atom stereocenters. The molecule has 4 heteroatoms. The number of rotatable bonds is 4. The molecule has 1 aromatic rings. The van der Waals surface area contributed by atoms with Crippen molar-refractivity contribution in [2.75, 3.05) is 6.61 Å². The first kappa shape index (κ1) is 14.3. The Morgan fingerprint density at radius 2 is 2.35 bits per heavy atom. The molecule has 1 N–H and O–H groups in total. The third kappa shape index (κ3) is 3.24. The first-order chi connectivity index (χ1) is 9.63. The van der Waals surface area contributed by atoms with E-state index in [1.165, 1.54) is 0 Å². The van der Waals surface area contributed by atoms with Crippen molar-refractivity contribution in [1.82, 2.24) is 5.32 Å². The van der Waals surface area contributed by atoms with Gasteiger partial charge in [-0.2, -0.15) is 0 Å². The highest BCUT2D eigenvalue weighted by atomic mass is 16.5. The van der Waals surface area contributed by atoms with E-state index in [9.17, 15) is 4.79 Å². The molecule has 0 fully saturated rings. The molecular weight excluding hydrogens is 254 g/mol. The van der Waals surface area contributed by atoms with Crippen LogP contribution in [0, 0.1) is 11.8 Å². The topological polar surface area (TPSA) is 47.6 Å². The van der Waals surface area contributed by atoms with Crippen LogP contribution in [0.1, 0.15) is 31.9 Å².